The molecule has 0 saturated carbocycles. The van der Waals surface area contributed by atoms with Crippen molar-refractivity contribution < 1.29 is 13.6 Å². The van der Waals surface area contributed by atoms with Crippen LogP contribution >= 0.6 is 0 Å². The Bertz CT molecular complexity index is 3300. The lowest BCUT2D eigenvalue weighted by atomic mass is 10.0. The van der Waals surface area contributed by atoms with Gasteiger partial charge in [-0.15, -0.1) is 0 Å². The maximum atomic E-state index is 6.94. The molecule has 61 heavy (non-hydrogen) atoms. The molecule has 7 heteroatoms. The summed E-state index contributed by atoms with van der Waals surface area (Å²) in [6, 6.07) is 51.0. The molecule has 12 rings (SSSR count). The molecule has 0 fully saturated rings. The second kappa shape index (κ2) is 13.2. The first-order valence-corrected chi connectivity index (χ1v) is 26.9. The summed E-state index contributed by atoms with van der Waals surface area (Å²) in [5, 5.41) is 9.85. The van der Waals surface area contributed by atoms with Gasteiger partial charge in [0.05, 0.1) is 11.4 Å². The van der Waals surface area contributed by atoms with Crippen LogP contribution in [-0.4, -0.2) is 26.1 Å². The lowest BCUT2D eigenvalue weighted by Crippen LogP contribution is -2.40. The summed E-state index contributed by atoms with van der Waals surface area (Å²) in [5.41, 5.74) is 11.8. The first-order chi connectivity index (χ1) is 29.7. The Kier molecular flexibility index (Phi) is 7.77. The van der Waals surface area contributed by atoms with E-state index in [0.717, 1.165) is 66.4 Å². The molecule has 0 aliphatic carbocycles. The van der Waals surface area contributed by atoms with Gasteiger partial charge in [0.1, 0.15) is 50.0 Å². The van der Waals surface area contributed by atoms with Gasteiger partial charge < -0.3 is 13.6 Å². The molecular weight excluding hydrogens is 781 g/mol. The summed E-state index contributed by atoms with van der Waals surface area (Å²) in [6.07, 6.45) is 8.64. The Morgan fingerprint density at radius 2 is 0.869 bits per heavy atom. The third-order valence-corrected chi connectivity index (χ3v) is 20.2. The van der Waals surface area contributed by atoms with Crippen LogP contribution in [0.25, 0.3) is 88.9 Å². The Morgan fingerprint density at radius 3 is 1.33 bits per heavy atom. The van der Waals surface area contributed by atoms with Gasteiger partial charge in [0, 0.05) is 57.2 Å². The van der Waals surface area contributed by atoms with Gasteiger partial charge in [-0.05, 0) is 91.6 Å². The molecule has 6 aromatic carbocycles. The van der Waals surface area contributed by atoms with E-state index in [1.807, 2.05) is 48.8 Å². The zero-order valence-electron chi connectivity index (χ0n) is 34.3. The fraction of sp³-hybridized carbons (Fsp3) is 0.0741. The normalized spacial score (nSPS) is 15.0. The standard InChI is InChI=1S/C54H40N2O3Si2/c1-60(2)49-19-11-5-13-33(49)27-51(60)35-21-23-55-43(25-35)41-29-37(31-47-53(41)39-15-7-9-17-45(39)58-47)57-38-30-42(54-40-16-8-10-18-46(40)59-48(54)32-38)44-26-36(22-24-56-44)52-28-34-14-6-12-20-50(34)61(52,3)4/h5-32H,1-4H3. The number of pyridine rings is 2. The van der Waals surface area contributed by atoms with E-state index in [0.29, 0.717) is 11.5 Å². The van der Waals surface area contributed by atoms with Crippen molar-refractivity contribution in [2.75, 3.05) is 0 Å². The average molecular weight is 821 g/mol. The lowest BCUT2D eigenvalue weighted by Gasteiger charge is -2.23. The molecule has 2 aliphatic rings. The monoisotopic (exact) mass is 820 g/mol. The number of nitrogens with zero attached hydrogens (tertiary/aromatic N) is 2. The zero-order chi connectivity index (χ0) is 41.0. The third kappa shape index (κ3) is 5.58. The van der Waals surface area contributed by atoms with E-state index in [4.69, 9.17) is 23.5 Å². The van der Waals surface area contributed by atoms with Gasteiger partial charge in [0.2, 0.25) is 0 Å². The molecule has 5 nitrogen and oxygen atoms in total. The second-order valence-corrected chi connectivity index (χ2v) is 26.0. The molecular formula is C54H40N2O3Si2. The smallest absolute Gasteiger partial charge is 0.139 e. The minimum Gasteiger partial charge on any atom is -0.457 e. The molecule has 0 unspecified atom stereocenters. The number of fused-ring (bicyclic) bond motifs is 8. The van der Waals surface area contributed by atoms with Gasteiger partial charge >= 0.3 is 0 Å². The van der Waals surface area contributed by atoms with Gasteiger partial charge in [-0.1, -0.05) is 123 Å². The van der Waals surface area contributed by atoms with Crippen molar-refractivity contribution in [3.05, 3.63) is 180 Å². The number of para-hydroxylation sites is 2. The Labute approximate surface area is 355 Å². The van der Waals surface area contributed by atoms with Gasteiger partial charge in [-0.2, -0.15) is 0 Å². The summed E-state index contributed by atoms with van der Waals surface area (Å²) in [4.78, 5) is 10.0. The van der Waals surface area contributed by atoms with Crippen molar-refractivity contribution >= 4 is 92.9 Å². The highest BCUT2D eigenvalue weighted by molar-refractivity contribution is 7.07. The molecule has 0 atom stereocenters. The van der Waals surface area contributed by atoms with Crippen molar-refractivity contribution in [2.24, 2.45) is 0 Å². The molecule has 6 heterocycles. The molecule has 4 aromatic heterocycles. The van der Waals surface area contributed by atoms with E-state index < -0.39 is 16.1 Å². The first kappa shape index (κ1) is 35.8. The number of rotatable bonds is 6. The van der Waals surface area contributed by atoms with E-state index in [9.17, 15) is 0 Å². The summed E-state index contributed by atoms with van der Waals surface area (Å²) in [7, 11) is -3.86. The molecule has 0 radical (unpaired) electrons. The highest BCUT2D eigenvalue weighted by Crippen LogP contribution is 2.45. The molecule has 0 bridgehead atoms. The van der Waals surface area contributed by atoms with Crippen molar-refractivity contribution in [1.82, 2.24) is 9.97 Å². The molecule has 0 amide bonds. The predicted octanol–water partition coefficient (Wildman–Crippen LogP) is 13.4. The van der Waals surface area contributed by atoms with Crippen LogP contribution in [0.5, 0.6) is 11.5 Å². The van der Waals surface area contributed by atoms with Crippen LogP contribution in [0, 0.1) is 0 Å². The minimum atomic E-state index is -1.93. The van der Waals surface area contributed by atoms with Crippen LogP contribution in [0.3, 0.4) is 0 Å². The van der Waals surface area contributed by atoms with Gasteiger partial charge in [-0.3, -0.25) is 9.97 Å². The number of hydrogen-bond acceptors (Lipinski definition) is 5. The Balaban J connectivity index is 1.00. The molecule has 10 aromatic rings. The van der Waals surface area contributed by atoms with Crippen molar-refractivity contribution in [3.63, 3.8) is 0 Å². The van der Waals surface area contributed by atoms with E-state index in [1.54, 1.807) is 0 Å². The predicted molar refractivity (Wildman–Crippen MR) is 257 cm³/mol. The SMILES string of the molecule is C[Si]1(C)C(c2ccnc(-c3cc(Oc4cc(-c5cc(C6=Cc7ccccc7[Si]6(C)C)ccn5)c5c(c4)oc4ccccc45)cc4oc5ccccc5c34)c2)=Cc2ccccc21. The molecule has 0 N–H and O–H groups in total. The average Bonchev–Trinajstić information content (AvgIpc) is 4.00. The zero-order valence-corrected chi connectivity index (χ0v) is 36.3. The number of furan rings is 2. The largest absolute Gasteiger partial charge is 0.457 e. The topological polar surface area (TPSA) is 61.3 Å². The summed E-state index contributed by atoms with van der Waals surface area (Å²) >= 11 is 0. The second-order valence-electron chi connectivity index (χ2n) is 17.4. The Hall–Kier alpha value is -7.07. The van der Waals surface area contributed by atoms with E-state index in [2.05, 4.69) is 148 Å². The van der Waals surface area contributed by atoms with Crippen LogP contribution in [0.4, 0.5) is 0 Å². The molecule has 0 spiro atoms. The number of aromatic nitrogens is 2. The van der Waals surface area contributed by atoms with Crippen LogP contribution in [-0.2, 0) is 0 Å². The quantitative estimate of drug-likeness (QED) is 0.156. The maximum absolute atomic E-state index is 6.94. The molecule has 2 aliphatic heterocycles. The van der Waals surface area contributed by atoms with E-state index in [-0.39, 0.29) is 0 Å². The summed E-state index contributed by atoms with van der Waals surface area (Å²) < 4.78 is 20.1. The van der Waals surface area contributed by atoms with Crippen molar-refractivity contribution in [1.29, 1.82) is 0 Å². The van der Waals surface area contributed by atoms with Crippen molar-refractivity contribution in [3.8, 4) is 34.0 Å². The van der Waals surface area contributed by atoms with Crippen LogP contribution < -0.4 is 15.1 Å². The van der Waals surface area contributed by atoms with E-state index in [1.165, 1.54) is 43.0 Å². The van der Waals surface area contributed by atoms with E-state index >= 15 is 0 Å². The van der Waals surface area contributed by atoms with Crippen LogP contribution in [0.2, 0.25) is 26.2 Å². The number of hydrogen-bond donors (Lipinski definition) is 0. The highest BCUT2D eigenvalue weighted by Gasteiger charge is 2.37. The van der Waals surface area contributed by atoms with Gasteiger partial charge in [0.25, 0.3) is 0 Å². The van der Waals surface area contributed by atoms with Gasteiger partial charge in [-0.25, -0.2) is 0 Å². The first-order valence-electron chi connectivity index (χ1n) is 20.9. The minimum absolute atomic E-state index is 0.640. The lowest BCUT2D eigenvalue weighted by molar-refractivity contribution is 0.482. The van der Waals surface area contributed by atoms with Crippen molar-refractivity contribution in [2.45, 2.75) is 26.2 Å². The number of ether oxygens (including phenoxy) is 1. The fourth-order valence-corrected chi connectivity index (χ4v) is 16.2. The maximum Gasteiger partial charge on any atom is 0.139 e. The van der Waals surface area contributed by atoms with Crippen LogP contribution in [0.1, 0.15) is 22.3 Å². The van der Waals surface area contributed by atoms with Crippen LogP contribution in [0.15, 0.2) is 167 Å². The summed E-state index contributed by atoms with van der Waals surface area (Å²) in [5.74, 6) is 1.28. The Morgan fingerprint density at radius 1 is 0.443 bits per heavy atom. The molecule has 0 saturated heterocycles. The fourth-order valence-electron chi connectivity index (χ4n) is 10.0. The number of benzene rings is 6. The highest BCUT2D eigenvalue weighted by atomic mass is 28.3. The summed E-state index contributed by atoms with van der Waals surface area (Å²) in [6.45, 7) is 9.75. The third-order valence-electron chi connectivity index (χ3n) is 13.0. The van der Waals surface area contributed by atoms with Gasteiger partial charge in [0.15, 0.2) is 0 Å². The molecule has 292 valence electrons.